The van der Waals surface area contributed by atoms with Gasteiger partial charge in [0, 0.05) is 12.4 Å². The molecule has 0 N–H and O–H groups in total. The van der Waals surface area contributed by atoms with Gasteiger partial charge in [-0.1, -0.05) is 24.3 Å². The molecular formula is C15H16N2OS. The smallest absolute Gasteiger partial charge is 0.273 e. The molecule has 1 amide bonds. The summed E-state index contributed by atoms with van der Waals surface area (Å²) >= 11 is 1.46. The zero-order chi connectivity index (χ0) is 13.2. The van der Waals surface area contributed by atoms with Gasteiger partial charge in [0.05, 0.1) is 11.6 Å². The maximum atomic E-state index is 12.4. The van der Waals surface area contributed by atoms with E-state index in [9.17, 15) is 4.79 Å². The van der Waals surface area contributed by atoms with E-state index < -0.39 is 0 Å². The first kappa shape index (κ1) is 12.4. The maximum Gasteiger partial charge on any atom is 0.273 e. The summed E-state index contributed by atoms with van der Waals surface area (Å²) in [4.78, 5) is 18.3. The molecule has 0 radical (unpaired) electrons. The number of rotatable bonds is 2. The molecule has 2 aromatic rings. The molecule has 1 aromatic heterocycles. The molecule has 1 heterocycles. The highest BCUT2D eigenvalue weighted by atomic mass is 32.1. The Bertz CT molecular complexity index is 580. The van der Waals surface area contributed by atoms with Crippen LogP contribution in [-0.2, 0) is 6.42 Å². The lowest BCUT2D eigenvalue weighted by molar-refractivity contribution is 0.0710. The monoisotopic (exact) mass is 272 g/mol. The third-order valence-corrected chi connectivity index (χ3v) is 4.36. The van der Waals surface area contributed by atoms with Gasteiger partial charge < -0.3 is 4.90 Å². The highest BCUT2D eigenvalue weighted by molar-refractivity contribution is 7.07. The van der Waals surface area contributed by atoms with Crippen LogP contribution in [0.3, 0.4) is 0 Å². The van der Waals surface area contributed by atoms with Crippen LogP contribution >= 0.6 is 11.3 Å². The highest BCUT2D eigenvalue weighted by Gasteiger charge is 2.27. The van der Waals surface area contributed by atoms with Crippen LogP contribution in [0.4, 0.5) is 0 Å². The largest absolute Gasteiger partial charge is 0.333 e. The van der Waals surface area contributed by atoms with Crippen molar-refractivity contribution in [2.45, 2.75) is 25.3 Å². The molecule has 1 aliphatic carbocycles. The fraction of sp³-hybridized carbons (Fsp3) is 0.333. The number of hydrogen-bond donors (Lipinski definition) is 0. The molecule has 0 aliphatic heterocycles. The Morgan fingerprint density at radius 1 is 1.42 bits per heavy atom. The summed E-state index contributed by atoms with van der Waals surface area (Å²) in [5.41, 5.74) is 4.92. The molecule has 0 spiro atoms. The van der Waals surface area contributed by atoms with E-state index in [1.807, 2.05) is 17.3 Å². The first-order chi connectivity index (χ1) is 9.27. The van der Waals surface area contributed by atoms with Crippen LogP contribution in [0.15, 0.2) is 35.2 Å². The predicted octanol–water partition coefficient (Wildman–Crippen LogP) is 3.29. The molecule has 19 heavy (non-hydrogen) atoms. The molecule has 1 aromatic carbocycles. The van der Waals surface area contributed by atoms with Crippen LogP contribution in [0, 0.1) is 0 Å². The van der Waals surface area contributed by atoms with E-state index in [0.717, 1.165) is 19.3 Å². The Kier molecular flexibility index (Phi) is 3.34. The SMILES string of the molecule is CN(C(=O)c1cscn1)C1CCCc2ccccc21. The summed E-state index contributed by atoms with van der Waals surface area (Å²) in [6.07, 6.45) is 3.28. The van der Waals surface area contributed by atoms with Gasteiger partial charge in [0.2, 0.25) is 0 Å². The van der Waals surface area contributed by atoms with E-state index >= 15 is 0 Å². The van der Waals surface area contributed by atoms with Crippen LogP contribution in [-0.4, -0.2) is 22.8 Å². The molecule has 0 saturated carbocycles. The predicted molar refractivity (Wildman–Crippen MR) is 76.3 cm³/mol. The zero-order valence-corrected chi connectivity index (χ0v) is 11.7. The van der Waals surface area contributed by atoms with Gasteiger partial charge in [-0.3, -0.25) is 4.79 Å². The number of fused-ring (bicyclic) bond motifs is 1. The minimum absolute atomic E-state index is 0.0166. The minimum Gasteiger partial charge on any atom is -0.333 e. The van der Waals surface area contributed by atoms with Crippen LogP contribution in [0.2, 0.25) is 0 Å². The Labute approximate surface area is 116 Å². The van der Waals surface area contributed by atoms with E-state index in [-0.39, 0.29) is 11.9 Å². The van der Waals surface area contributed by atoms with Crippen molar-refractivity contribution in [2.24, 2.45) is 0 Å². The average molecular weight is 272 g/mol. The summed E-state index contributed by atoms with van der Waals surface area (Å²) < 4.78 is 0. The van der Waals surface area contributed by atoms with Crippen molar-refractivity contribution in [3.8, 4) is 0 Å². The molecule has 0 bridgehead atoms. The van der Waals surface area contributed by atoms with Crippen LogP contribution in [0.5, 0.6) is 0 Å². The van der Waals surface area contributed by atoms with Gasteiger partial charge in [-0.2, -0.15) is 0 Å². The summed E-state index contributed by atoms with van der Waals surface area (Å²) in [5, 5.41) is 1.81. The Hall–Kier alpha value is -1.68. The van der Waals surface area contributed by atoms with Crippen molar-refractivity contribution in [3.63, 3.8) is 0 Å². The van der Waals surface area contributed by atoms with Crippen molar-refractivity contribution in [2.75, 3.05) is 7.05 Å². The second-order valence-electron chi connectivity index (χ2n) is 4.90. The van der Waals surface area contributed by atoms with E-state index in [4.69, 9.17) is 0 Å². The van der Waals surface area contributed by atoms with E-state index in [1.165, 1.54) is 22.5 Å². The number of aromatic nitrogens is 1. The molecule has 1 aliphatic rings. The standard InChI is InChI=1S/C15H16N2OS/c1-17(15(18)13-9-19-10-16-13)14-8-4-6-11-5-2-3-7-12(11)14/h2-3,5,7,9-10,14H,4,6,8H2,1H3. The Morgan fingerprint density at radius 2 is 2.26 bits per heavy atom. The van der Waals surface area contributed by atoms with Crippen LogP contribution in [0.1, 0.15) is 40.5 Å². The third kappa shape index (κ3) is 2.28. The average Bonchev–Trinajstić information content (AvgIpc) is 2.99. The lowest BCUT2D eigenvalue weighted by Gasteiger charge is -2.33. The maximum absolute atomic E-state index is 12.4. The number of carbonyl (C=O) groups is 1. The molecule has 4 heteroatoms. The van der Waals surface area contributed by atoms with Crippen molar-refractivity contribution in [1.82, 2.24) is 9.88 Å². The van der Waals surface area contributed by atoms with Crippen LogP contribution in [0.25, 0.3) is 0 Å². The second kappa shape index (κ2) is 5.13. The van der Waals surface area contributed by atoms with Gasteiger partial charge >= 0.3 is 0 Å². The summed E-state index contributed by atoms with van der Waals surface area (Å²) in [7, 11) is 1.88. The van der Waals surface area contributed by atoms with E-state index in [1.54, 1.807) is 5.51 Å². The second-order valence-corrected chi connectivity index (χ2v) is 5.62. The topological polar surface area (TPSA) is 33.2 Å². The van der Waals surface area contributed by atoms with E-state index in [2.05, 4.69) is 29.2 Å². The molecule has 0 fully saturated rings. The van der Waals surface area contributed by atoms with Gasteiger partial charge in [0.15, 0.2) is 0 Å². The van der Waals surface area contributed by atoms with Gasteiger partial charge in [-0.25, -0.2) is 4.98 Å². The quantitative estimate of drug-likeness (QED) is 0.840. The normalized spacial score (nSPS) is 17.8. The molecule has 1 unspecified atom stereocenters. The number of carbonyl (C=O) groups excluding carboxylic acids is 1. The first-order valence-corrected chi connectivity index (χ1v) is 7.45. The van der Waals surface area contributed by atoms with Crippen molar-refractivity contribution in [3.05, 3.63) is 52.0 Å². The van der Waals surface area contributed by atoms with Gasteiger partial charge in [0.25, 0.3) is 5.91 Å². The van der Waals surface area contributed by atoms with Crippen molar-refractivity contribution < 1.29 is 4.79 Å². The van der Waals surface area contributed by atoms with Crippen molar-refractivity contribution in [1.29, 1.82) is 0 Å². The van der Waals surface area contributed by atoms with Crippen molar-refractivity contribution >= 4 is 17.2 Å². The zero-order valence-electron chi connectivity index (χ0n) is 10.9. The fourth-order valence-corrected chi connectivity index (χ4v) is 3.30. The molecule has 98 valence electrons. The Balaban J connectivity index is 1.89. The van der Waals surface area contributed by atoms with E-state index in [0.29, 0.717) is 5.69 Å². The number of thiazole rings is 1. The molecule has 1 atom stereocenters. The summed E-state index contributed by atoms with van der Waals surface area (Å²) in [5.74, 6) is 0.0166. The molecule has 3 nitrogen and oxygen atoms in total. The number of benzene rings is 1. The molecule has 0 saturated heterocycles. The number of hydrogen-bond acceptors (Lipinski definition) is 3. The number of aryl methyl sites for hydroxylation is 1. The minimum atomic E-state index is 0.0166. The van der Waals surface area contributed by atoms with Gasteiger partial charge in [-0.15, -0.1) is 11.3 Å². The lowest BCUT2D eigenvalue weighted by atomic mass is 9.87. The molecule has 3 rings (SSSR count). The fourth-order valence-electron chi connectivity index (χ4n) is 2.77. The number of amides is 1. The molecular weight excluding hydrogens is 256 g/mol. The summed E-state index contributed by atoms with van der Waals surface area (Å²) in [6.45, 7) is 0. The summed E-state index contributed by atoms with van der Waals surface area (Å²) in [6, 6.07) is 8.62. The lowest BCUT2D eigenvalue weighted by Crippen LogP contribution is -2.33. The van der Waals surface area contributed by atoms with Gasteiger partial charge in [-0.05, 0) is 30.4 Å². The first-order valence-electron chi connectivity index (χ1n) is 6.50. The van der Waals surface area contributed by atoms with Gasteiger partial charge in [0.1, 0.15) is 5.69 Å². The Morgan fingerprint density at radius 3 is 3.05 bits per heavy atom. The van der Waals surface area contributed by atoms with Crippen LogP contribution < -0.4 is 0 Å². The number of nitrogens with zero attached hydrogens (tertiary/aromatic N) is 2. The highest BCUT2D eigenvalue weighted by Crippen LogP contribution is 2.33. The third-order valence-electron chi connectivity index (χ3n) is 3.78.